The third-order valence-electron chi connectivity index (χ3n) is 8.20. The molecule has 3 aromatic rings. The Kier molecular flexibility index (Phi) is 6.97. The van der Waals surface area contributed by atoms with Gasteiger partial charge in [0.05, 0.1) is 5.69 Å². The van der Waals surface area contributed by atoms with Crippen molar-refractivity contribution < 1.29 is 14.7 Å². The Balaban J connectivity index is 1.32. The number of carbonyl (C=O) groups excluding carboxylic acids is 1. The van der Waals surface area contributed by atoms with E-state index in [-0.39, 0.29) is 11.8 Å². The number of amides is 2. The van der Waals surface area contributed by atoms with Crippen LogP contribution in [0.25, 0.3) is 22.2 Å². The Hall–Kier alpha value is -3.35. The zero-order chi connectivity index (χ0) is 26.3. The minimum absolute atomic E-state index is 0.0455. The van der Waals surface area contributed by atoms with Crippen LogP contribution in [0.5, 0.6) is 0 Å². The molecular weight excluding hydrogens is 464 g/mol. The zero-order valence-electron chi connectivity index (χ0n) is 22.4. The lowest BCUT2D eigenvalue weighted by atomic mass is 9.86. The monoisotopic (exact) mass is 502 g/mol. The number of carboxylic acid groups (broad SMARTS) is 1. The van der Waals surface area contributed by atoms with E-state index < -0.39 is 6.09 Å². The molecule has 37 heavy (non-hydrogen) atoms. The Labute approximate surface area is 218 Å². The van der Waals surface area contributed by atoms with Gasteiger partial charge in [0.1, 0.15) is 0 Å². The van der Waals surface area contributed by atoms with Gasteiger partial charge in [-0.05, 0) is 86.8 Å². The number of fused-ring (bicyclic) bond motifs is 1. The molecule has 4 heterocycles. The summed E-state index contributed by atoms with van der Waals surface area (Å²) in [5, 5.41) is 10.5. The van der Waals surface area contributed by atoms with E-state index in [1.807, 2.05) is 18.7 Å². The first-order valence-corrected chi connectivity index (χ1v) is 13.6. The van der Waals surface area contributed by atoms with Gasteiger partial charge in [0.25, 0.3) is 0 Å². The highest BCUT2D eigenvalue weighted by molar-refractivity contribution is 5.92. The summed E-state index contributed by atoms with van der Waals surface area (Å²) < 4.78 is 0. The molecule has 2 aliphatic heterocycles. The summed E-state index contributed by atoms with van der Waals surface area (Å²) >= 11 is 0. The Morgan fingerprint density at radius 1 is 0.946 bits per heavy atom. The minimum Gasteiger partial charge on any atom is -0.465 e. The number of hydrogen-bond acceptors (Lipinski definition) is 3. The highest BCUT2D eigenvalue weighted by Gasteiger charge is 2.32. The van der Waals surface area contributed by atoms with E-state index >= 15 is 0 Å². The lowest BCUT2D eigenvalue weighted by molar-refractivity contribution is -0.138. The molecule has 1 aromatic carbocycles. The van der Waals surface area contributed by atoms with E-state index in [1.165, 1.54) is 32.7 Å². The van der Waals surface area contributed by atoms with Crippen LogP contribution in [0.1, 0.15) is 73.9 Å². The van der Waals surface area contributed by atoms with Crippen LogP contribution in [0, 0.1) is 19.8 Å². The van der Waals surface area contributed by atoms with E-state index in [9.17, 15) is 9.59 Å². The van der Waals surface area contributed by atoms with Crippen molar-refractivity contribution in [1.29, 1.82) is 0 Å². The standard InChI is InChI=1S/C30H38N4O3/c1-18(2)27-25-17-23(5-6-26(25)32-28(27)24-15-19(3)31-20(4)16-24)21-7-11-33(12-8-21)29(35)22-9-13-34(14-10-22)30(36)37/h5-6,15-18,21-22,32H,7-14H2,1-4H3,(H,36,37). The fraction of sp³-hybridized carbons (Fsp3) is 0.500. The van der Waals surface area contributed by atoms with E-state index in [1.54, 1.807) is 0 Å². The molecule has 0 aliphatic carbocycles. The summed E-state index contributed by atoms with van der Waals surface area (Å²) in [6.45, 7) is 11.0. The number of nitrogens with one attached hydrogen (secondary N) is 1. The normalized spacial score (nSPS) is 17.6. The van der Waals surface area contributed by atoms with Crippen molar-refractivity contribution >= 4 is 22.9 Å². The predicted octanol–water partition coefficient (Wildman–Crippen LogP) is 6.07. The lowest BCUT2D eigenvalue weighted by Crippen LogP contribution is -2.46. The molecule has 5 rings (SSSR count). The van der Waals surface area contributed by atoms with Crippen molar-refractivity contribution in [3.05, 3.63) is 52.8 Å². The van der Waals surface area contributed by atoms with Crippen molar-refractivity contribution in [2.24, 2.45) is 5.92 Å². The van der Waals surface area contributed by atoms with Crippen LogP contribution < -0.4 is 0 Å². The number of aryl methyl sites for hydroxylation is 2. The van der Waals surface area contributed by atoms with Gasteiger partial charge in [-0.3, -0.25) is 9.78 Å². The Morgan fingerprint density at radius 2 is 1.57 bits per heavy atom. The van der Waals surface area contributed by atoms with Crippen molar-refractivity contribution in [2.45, 2.75) is 65.2 Å². The number of H-pyrrole nitrogens is 1. The van der Waals surface area contributed by atoms with Crippen LogP contribution in [0.2, 0.25) is 0 Å². The fourth-order valence-corrected chi connectivity index (χ4v) is 6.30. The van der Waals surface area contributed by atoms with Gasteiger partial charge in [0.15, 0.2) is 0 Å². The summed E-state index contributed by atoms with van der Waals surface area (Å²) in [5.41, 5.74) is 8.29. The van der Waals surface area contributed by atoms with Gasteiger partial charge in [-0.25, -0.2) is 4.79 Å². The van der Waals surface area contributed by atoms with Crippen LogP contribution in [-0.2, 0) is 4.79 Å². The summed E-state index contributed by atoms with van der Waals surface area (Å²) in [7, 11) is 0. The highest BCUT2D eigenvalue weighted by atomic mass is 16.4. The molecule has 2 fully saturated rings. The van der Waals surface area contributed by atoms with Gasteiger partial charge in [0.2, 0.25) is 5.91 Å². The fourth-order valence-electron chi connectivity index (χ4n) is 6.30. The predicted molar refractivity (Wildman–Crippen MR) is 146 cm³/mol. The second-order valence-corrected chi connectivity index (χ2v) is 11.2. The number of aromatic nitrogens is 2. The molecule has 2 aromatic heterocycles. The van der Waals surface area contributed by atoms with E-state index in [4.69, 9.17) is 5.11 Å². The van der Waals surface area contributed by atoms with Gasteiger partial charge in [-0.1, -0.05) is 19.9 Å². The van der Waals surface area contributed by atoms with Crippen molar-refractivity contribution in [3.8, 4) is 11.3 Å². The van der Waals surface area contributed by atoms with Gasteiger partial charge >= 0.3 is 6.09 Å². The Bertz CT molecular complexity index is 1290. The number of rotatable bonds is 4. The van der Waals surface area contributed by atoms with E-state index in [0.29, 0.717) is 37.8 Å². The molecule has 0 unspecified atom stereocenters. The summed E-state index contributed by atoms with van der Waals surface area (Å²) in [6.07, 6.45) is 2.30. The third-order valence-corrected chi connectivity index (χ3v) is 8.20. The Morgan fingerprint density at radius 3 is 2.16 bits per heavy atom. The first-order valence-electron chi connectivity index (χ1n) is 13.6. The average molecular weight is 503 g/mol. The molecule has 0 saturated carbocycles. The molecule has 2 saturated heterocycles. The second kappa shape index (κ2) is 10.2. The average Bonchev–Trinajstić information content (AvgIpc) is 3.27. The molecule has 0 atom stereocenters. The maximum absolute atomic E-state index is 13.1. The van der Waals surface area contributed by atoms with E-state index in [0.717, 1.165) is 42.8 Å². The largest absolute Gasteiger partial charge is 0.465 e. The maximum atomic E-state index is 13.1. The number of likely N-dealkylation sites (tertiary alicyclic amines) is 2. The zero-order valence-corrected chi connectivity index (χ0v) is 22.4. The minimum atomic E-state index is -0.884. The molecule has 196 valence electrons. The molecular formula is C30H38N4O3. The van der Waals surface area contributed by atoms with Gasteiger partial charge in [-0.2, -0.15) is 0 Å². The van der Waals surface area contributed by atoms with E-state index in [2.05, 4.69) is 54.1 Å². The van der Waals surface area contributed by atoms with Crippen LogP contribution in [0.15, 0.2) is 30.3 Å². The topological polar surface area (TPSA) is 89.5 Å². The first-order chi connectivity index (χ1) is 17.7. The van der Waals surface area contributed by atoms with Gasteiger partial charge in [0, 0.05) is 60.0 Å². The van der Waals surface area contributed by atoms with Gasteiger partial charge < -0.3 is 19.9 Å². The lowest BCUT2D eigenvalue weighted by Gasteiger charge is -2.37. The summed E-state index contributed by atoms with van der Waals surface area (Å²) in [4.78, 5) is 36.0. The summed E-state index contributed by atoms with van der Waals surface area (Å²) in [5.74, 6) is 0.973. The maximum Gasteiger partial charge on any atom is 0.407 e. The van der Waals surface area contributed by atoms with Crippen LogP contribution >= 0.6 is 0 Å². The second-order valence-electron chi connectivity index (χ2n) is 11.2. The van der Waals surface area contributed by atoms with Crippen LogP contribution in [0.4, 0.5) is 4.79 Å². The van der Waals surface area contributed by atoms with Crippen molar-refractivity contribution in [1.82, 2.24) is 19.8 Å². The van der Waals surface area contributed by atoms with Crippen LogP contribution in [-0.4, -0.2) is 63.1 Å². The molecule has 0 bridgehead atoms. The molecule has 0 spiro atoms. The number of aromatic amines is 1. The SMILES string of the molecule is Cc1cc(-c2[nH]c3ccc(C4CCN(C(=O)C5CCN(C(=O)O)CC5)CC4)cc3c2C(C)C)cc(C)n1. The molecule has 2 N–H and O–H groups in total. The molecule has 2 aliphatic rings. The van der Waals surface area contributed by atoms with Crippen molar-refractivity contribution in [3.63, 3.8) is 0 Å². The molecule has 7 heteroatoms. The number of hydrogen-bond donors (Lipinski definition) is 2. The summed E-state index contributed by atoms with van der Waals surface area (Å²) in [6, 6.07) is 11.1. The number of nitrogens with zero attached hydrogens (tertiary/aromatic N) is 3. The van der Waals surface area contributed by atoms with Gasteiger partial charge in [-0.15, -0.1) is 0 Å². The molecule has 2 amide bonds. The third kappa shape index (κ3) is 5.09. The highest BCUT2D eigenvalue weighted by Crippen LogP contribution is 2.38. The number of pyridine rings is 1. The number of benzene rings is 1. The number of carbonyl (C=O) groups is 2. The number of piperidine rings is 2. The molecule has 0 radical (unpaired) electrons. The van der Waals surface area contributed by atoms with Crippen LogP contribution in [0.3, 0.4) is 0 Å². The first kappa shape index (κ1) is 25.3. The van der Waals surface area contributed by atoms with Crippen molar-refractivity contribution in [2.75, 3.05) is 26.2 Å². The smallest absolute Gasteiger partial charge is 0.407 e. The molecule has 7 nitrogen and oxygen atoms in total. The quantitative estimate of drug-likeness (QED) is 0.453.